The minimum atomic E-state index is -3.67. The second-order valence-electron chi connectivity index (χ2n) is 2.00. The van der Waals surface area contributed by atoms with Crippen molar-refractivity contribution in [3.05, 3.63) is 0 Å². The Labute approximate surface area is 70.0 Å². The quantitative estimate of drug-likeness (QED) is 0.598. The molecule has 0 aromatic carbocycles. The summed E-state index contributed by atoms with van der Waals surface area (Å²) in [5.74, 6) is 0. The van der Waals surface area contributed by atoms with E-state index >= 15 is 0 Å². The monoisotopic (exact) mass is 187 g/mol. The van der Waals surface area contributed by atoms with Crippen molar-refractivity contribution in [2.45, 2.75) is 0 Å². The molecule has 0 bridgehead atoms. The Morgan fingerprint density at radius 1 is 1.08 bits per heavy atom. The molecule has 12 heavy (non-hydrogen) atoms. The number of halogens is 3. The van der Waals surface area contributed by atoms with E-state index in [-0.39, 0.29) is 13.2 Å². The van der Waals surface area contributed by atoms with E-state index in [0.29, 0.717) is 13.1 Å². The van der Waals surface area contributed by atoms with Gasteiger partial charge in [0, 0.05) is 13.1 Å². The Hall–Kier alpha value is -0.265. The molecular weight excluding hydrogens is 174 g/mol. The van der Waals surface area contributed by atoms with Crippen molar-refractivity contribution in [3.8, 4) is 0 Å². The van der Waals surface area contributed by atoms with Crippen molar-refractivity contribution in [2.24, 2.45) is 0 Å². The lowest BCUT2D eigenvalue weighted by Gasteiger charge is -2.11. The van der Waals surface area contributed by atoms with Crippen LogP contribution in [-0.2, 0) is 0 Å². The summed E-state index contributed by atoms with van der Waals surface area (Å²) in [5, 5.41) is 16.7. The van der Waals surface area contributed by atoms with E-state index in [0.717, 1.165) is 0 Å². The average molecular weight is 187 g/mol. The molecule has 0 rings (SSSR count). The van der Waals surface area contributed by atoms with Gasteiger partial charge in [0.15, 0.2) is 0 Å². The molecule has 0 radical (unpaired) electrons. The number of nitrogens with zero attached hydrogens (tertiary/aromatic N) is 1. The predicted molar refractivity (Wildman–Crippen MR) is 40.7 cm³/mol. The predicted octanol–water partition coefficient (Wildman–Crippen LogP) is -0.217. The molecule has 0 heterocycles. The zero-order chi connectivity index (χ0) is 9.98. The van der Waals surface area contributed by atoms with Gasteiger partial charge in [-0.25, -0.2) is 0 Å². The van der Waals surface area contributed by atoms with E-state index in [1.807, 2.05) is 11.9 Å². The maximum absolute atomic E-state index is 9.67. The van der Waals surface area contributed by atoms with E-state index in [4.69, 9.17) is 10.2 Å². The van der Waals surface area contributed by atoms with Crippen molar-refractivity contribution in [1.82, 2.24) is 4.90 Å². The third-order valence-corrected chi connectivity index (χ3v) is 0.963. The third-order valence-electron chi connectivity index (χ3n) is 0.963. The van der Waals surface area contributed by atoms with Gasteiger partial charge in [-0.3, -0.25) is 12.9 Å². The number of hydrogen-bond acceptors (Lipinski definition) is 3. The van der Waals surface area contributed by atoms with Gasteiger partial charge in [-0.15, -0.1) is 0 Å². The summed E-state index contributed by atoms with van der Waals surface area (Å²) in [6.45, 7) is 1.61. The highest BCUT2D eigenvalue weighted by Gasteiger charge is 2.06. The first-order valence-corrected chi connectivity index (χ1v) is 3.37. The highest BCUT2D eigenvalue weighted by molar-refractivity contribution is 6.33. The maximum atomic E-state index is 9.67. The highest BCUT2D eigenvalue weighted by Crippen LogP contribution is 1.80. The van der Waals surface area contributed by atoms with E-state index in [2.05, 4.69) is 0 Å². The molecule has 0 aliphatic carbocycles. The summed E-state index contributed by atoms with van der Waals surface area (Å²) in [6.07, 6.45) is 0. The highest BCUT2D eigenvalue weighted by atomic mass is 19.4. The molecule has 0 fully saturated rings. The molecule has 0 aliphatic rings. The van der Waals surface area contributed by atoms with Crippen molar-refractivity contribution >= 4 is 7.54 Å². The fourth-order valence-electron chi connectivity index (χ4n) is 0.453. The molecule has 0 atom stereocenters. The first kappa shape index (κ1) is 14.3. The lowest BCUT2D eigenvalue weighted by molar-refractivity contribution is 0.184. The van der Waals surface area contributed by atoms with Gasteiger partial charge in [0.1, 0.15) is 0 Å². The van der Waals surface area contributed by atoms with Crippen LogP contribution in [0.1, 0.15) is 0 Å². The van der Waals surface area contributed by atoms with Gasteiger partial charge in [0.25, 0.3) is 0 Å². The van der Waals surface area contributed by atoms with Crippen LogP contribution in [-0.4, -0.2) is 56.0 Å². The zero-order valence-electron chi connectivity index (χ0n) is 6.88. The summed E-state index contributed by atoms with van der Waals surface area (Å²) in [7, 11) is -1.81. The van der Waals surface area contributed by atoms with Gasteiger partial charge in [0.2, 0.25) is 0 Å². The summed E-state index contributed by atoms with van der Waals surface area (Å²) in [5.41, 5.74) is 0. The van der Waals surface area contributed by atoms with Crippen molar-refractivity contribution in [3.63, 3.8) is 0 Å². The Balaban J connectivity index is 0. The molecule has 7 heteroatoms. The molecule has 0 aliphatic heterocycles. The normalized spacial score (nSPS) is 9.25. The second kappa shape index (κ2) is 10.7. The second-order valence-corrected chi connectivity index (χ2v) is 2.00. The summed E-state index contributed by atoms with van der Waals surface area (Å²) >= 11 is 0. The van der Waals surface area contributed by atoms with Crippen molar-refractivity contribution in [2.75, 3.05) is 33.4 Å². The smallest absolute Gasteiger partial charge is 0.395 e. The molecule has 0 amide bonds. The summed E-state index contributed by atoms with van der Waals surface area (Å²) in [6, 6.07) is 0. The number of likely N-dealkylation sites (N-methyl/N-ethyl adjacent to an activating group) is 1. The van der Waals surface area contributed by atoms with Crippen molar-refractivity contribution in [1.29, 1.82) is 0 Å². The maximum Gasteiger partial charge on any atom is 0.762 e. The van der Waals surface area contributed by atoms with Crippen LogP contribution in [0.5, 0.6) is 0 Å². The van der Waals surface area contributed by atoms with Crippen LogP contribution < -0.4 is 0 Å². The average Bonchev–Trinajstić information content (AvgIpc) is 1.87. The van der Waals surface area contributed by atoms with Gasteiger partial charge in [-0.05, 0) is 7.05 Å². The van der Waals surface area contributed by atoms with Gasteiger partial charge in [0.05, 0.1) is 13.2 Å². The van der Waals surface area contributed by atoms with Gasteiger partial charge in [-0.2, -0.15) is 0 Å². The Morgan fingerprint density at radius 2 is 1.33 bits per heavy atom. The van der Waals surface area contributed by atoms with Crippen LogP contribution in [0, 0.1) is 0 Å². The zero-order valence-corrected chi connectivity index (χ0v) is 6.88. The van der Waals surface area contributed by atoms with Crippen LogP contribution in [0.4, 0.5) is 12.9 Å². The Bertz CT molecular complexity index is 80.3. The fourth-order valence-corrected chi connectivity index (χ4v) is 0.453. The van der Waals surface area contributed by atoms with E-state index in [1.54, 1.807) is 0 Å². The standard InChI is InChI=1S/C5H13NO2.BF3/c1-6(2-4-7)3-5-8;2-1(3)4/h7-8H,2-5H2,1H3;. The molecule has 2 N–H and O–H groups in total. The third kappa shape index (κ3) is 22.6. The first-order chi connectivity index (χ1) is 5.54. The fraction of sp³-hybridized carbons (Fsp3) is 1.00. The molecular formula is C5H13BF3NO2. The molecule has 0 saturated heterocycles. The number of aliphatic hydroxyl groups is 2. The Kier molecular flexibility index (Phi) is 12.8. The lowest BCUT2D eigenvalue weighted by atomic mass is 10.5. The molecule has 0 unspecified atom stereocenters. The lowest BCUT2D eigenvalue weighted by Crippen LogP contribution is -2.25. The van der Waals surface area contributed by atoms with Crippen LogP contribution in [0.25, 0.3) is 0 Å². The van der Waals surface area contributed by atoms with E-state index < -0.39 is 7.54 Å². The molecule has 0 aromatic rings. The summed E-state index contributed by atoms with van der Waals surface area (Å²) < 4.78 is 29.0. The Morgan fingerprint density at radius 3 is 1.50 bits per heavy atom. The summed E-state index contributed by atoms with van der Waals surface area (Å²) in [4.78, 5) is 1.86. The molecule has 74 valence electrons. The van der Waals surface area contributed by atoms with Crippen LogP contribution in [0.2, 0.25) is 0 Å². The molecule has 3 nitrogen and oxygen atoms in total. The number of aliphatic hydroxyl groups excluding tert-OH is 2. The van der Waals surface area contributed by atoms with E-state index in [1.165, 1.54) is 0 Å². The van der Waals surface area contributed by atoms with Gasteiger partial charge >= 0.3 is 7.54 Å². The number of rotatable bonds is 4. The van der Waals surface area contributed by atoms with E-state index in [9.17, 15) is 12.9 Å². The van der Waals surface area contributed by atoms with Gasteiger partial charge in [-0.1, -0.05) is 0 Å². The van der Waals surface area contributed by atoms with Crippen LogP contribution in [0.15, 0.2) is 0 Å². The first-order valence-electron chi connectivity index (χ1n) is 3.37. The number of hydrogen-bond donors (Lipinski definition) is 2. The molecule has 0 spiro atoms. The van der Waals surface area contributed by atoms with Gasteiger partial charge < -0.3 is 15.1 Å². The SMILES string of the molecule is CN(CCO)CCO.FB(F)F. The molecule has 0 aromatic heterocycles. The minimum Gasteiger partial charge on any atom is -0.395 e. The van der Waals surface area contributed by atoms with Crippen LogP contribution in [0.3, 0.4) is 0 Å². The largest absolute Gasteiger partial charge is 0.762 e. The van der Waals surface area contributed by atoms with Crippen molar-refractivity contribution < 1.29 is 23.2 Å². The minimum absolute atomic E-state index is 0.163. The van der Waals surface area contributed by atoms with Crippen LogP contribution >= 0.6 is 0 Å². The topological polar surface area (TPSA) is 43.7 Å². The molecule has 0 saturated carbocycles.